The summed E-state index contributed by atoms with van der Waals surface area (Å²) in [5.41, 5.74) is 1.77. The predicted molar refractivity (Wildman–Crippen MR) is 84.7 cm³/mol. The lowest BCUT2D eigenvalue weighted by Gasteiger charge is -2.32. The molecule has 21 heavy (non-hydrogen) atoms. The fourth-order valence-corrected chi connectivity index (χ4v) is 3.42. The first kappa shape index (κ1) is 15.8. The van der Waals surface area contributed by atoms with E-state index in [9.17, 15) is 4.39 Å². The van der Waals surface area contributed by atoms with Crippen LogP contribution in [-0.2, 0) is 0 Å². The number of halogens is 1. The van der Waals surface area contributed by atoms with Crippen molar-refractivity contribution in [3.63, 3.8) is 0 Å². The molecule has 0 spiro atoms. The summed E-state index contributed by atoms with van der Waals surface area (Å²) in [7, 11) is 0. The van der Waals surface area contributed by atoms with E-state index in [4.69, 9.17) is 5.26 Å². The van der Waals surface area contributed by atoms with E-state index in [1.807, 2.05) is 6.07 Å². The molecule has 1 aliphatic carbocycles. The first-order valence-electron chi connectivity index (χ1n) is 7.96. The van der Waals surface area contributed by atoms with E-state index in [0.29, 0.717) is 17.2 Å². The third kappa shape index (κ3) is 4.20. The number of benzene rings is 1. The van der Waals surface area contributed by atoms with Crippen molar-refractivity contribution in [3.8, 4) is 6.07 Å². The molecule has 0 aromatic heterocycles. The molecule has 114 valence electrons. The van der Waals surface area contributed by atoms with Gasteiger partial charge < -0.3 is 5.32 Å². The van der Waals surface area contributed by atoms with Crippen molar-refractivity contribution < 1.29 is 4.39 Å². The molecule has 2 atom stereocenters. The lowest BCUT2D eigenvalue weighted by atomic mass is 9.81. The number of anilines is 1. The summed E-state index contributed by atoms with van der Waals surface area (Å²) >= 11 is 0. The zero-order valence-electron chi connectivity index (χ0n) is 13.2. The van der Waals surface area contributed by atoms with Crippen LogP contribution in [0, 0.1) is 35.9 Å². The second-order valence-corrected chi connectivity index (χ2v) is 6.75. The highest BCUT2D eigenvalue weighted by Gasteiger charge is 2.23. The molecule has 0 amide bonds. The molecule has 2 unspecified atom stereocenters. The van der Waals surface area contributed by atoms with Gasteiger partial charge in [0.2, 0.25) is 0 Å². The van der Waals surface area contributed by atoms with Gasteiger partial charge in [-0.15, -0.1) is 0 Å². The van der Waals surface area contributed by atoms with E-state index in [1.54, 1.807) is 13.0 Å². The molecule has 0 saturated heterocycles. The second-order valence-electron chi connectivity index (χ2n) is 6.75. The lowest BCUT2D eigenvalue weighted by Crippen LogP contribution is -2.28. The van der Waals surface area contributed by atoms with Gasteiger partial charge in [0.25, 0.3) is 0 Å². The summed E-state index contributed by atoms with van der Waals surface area (Å²) in [6.45, 7) is 6.31. The van der Waals surface area contributed by atoms with Crippen molar-refractivity contribution >= 4 is 5.69 Å². The van der Waals surface area contributed by atoms with Crippen LogP contribution in [0.4, 0.5) is 10.1 Å². The van der Waals surface area contributed by atoms with Crippen molar-refractivity contribution in [3.05, 3.63) is 29.1 Å². The molecule has 1 aromatic carbocycles. The van der Waals surface area contributed by atoms with E-state index < -0.39 is 0 Å². The number of nitrogens with one attached hydrogen (secondary N) is 1. The van der Waals surface area contributed by atoms with Crippen molar-refractivity contribution in [2.24, 2.45) is 11.8 Å². The van der Waals surface area contributed by atoms with Crippen LogP contribution in [0.1, 0.15) is 57.1 Å². The molecule has 1 aliphatic rings. The average molecular weight is 288 g/mol. The second kappa shape index (κ2) is 6.93. The van der Waals surface area contributed by atoms with Crippen LogP contribution >= 0.6 is 0 Å². The van der Waals surface area contributed by atoms with Crippen LogP contribution in [0.15, 0.2) is 12.1 Å². The van der Waals surface area contributed by atoms with Crippen molar-refractivity contribution in [1.82, 2.24) is 0 Å². The van der Waals surface area contributed by atoms with Gasteiger partial charge >= 0.3 is 0 Å². The maximum absolute atomic E-state index is 13.8. The highest BCUT2D eigenvalue weighted by Crippen LogP contribution is 2.32. The monoisotopic (exact) mass is 288 g/mol. The van der Waals surface area contributed by atoms with Gasteiger partial charge in [0.15, 0.2) is 0 Å². The third-order valence-corrected chi connectivity index (χ3v) is 4.42. The largest absolute Gasteiger partial charge is 0.382 e. The van der Waals surface area contributed by atoms with Gasteiger partial charge in [0, 0.05) is 17.3 Å². The molecule has 2 rings (SSSR count). The molecule has 0 aliphatic heterocycles. The number of nitrogens with zero attached hydrogens (tertiary/aromatic N) is 1. The standard InChI is InChI=1S/C18H25FN2/c1-12(2)7-14-5-4-6-16(8-14)21-18-10-15(11-20)9-17(19)13(18)3/h9-10,12,14,16,21H,4-8H2,1-3H3. The predicted octanol–water partition coefficient (Wildman–Crippen LogP) is 5.02. The Balaban J connectivity index is 2.07. The Morgan fingerprint density at radius 3 is 2.81 bits per heavy atom. The van der Waals surface area contributed by atoms with Crippen LogP contribution < -0.4 is 5.32 Å². The molecule has 1 fully saturated rings. The van der Waals surface area contributed by atoms with Crippen LogP contribution in [0.25, 0.3) is 0 Å². The quantitative estimate of drug-likeness (QED) is 0.844. The number of hydrogen-bond donors (Lipinski definition) is 1. The summed E-state index contributed by atoms with van der Waals surface area (Å²) in [6, 6.07) is 5.50. The summed E-state index contributed by atoms with van der Waals surface area (Å²) in [5.74, 6) is 1.20. The fraction of sp³-hybridized carbons (Fsp3) is 0.611. The van der Waals surface area contributed by atoms with E-state index in [-0.39, 0.29) is 5.82 Å². The van der Waals surface area contributed by atoms with Crippen molar-refractivity contribution in [1.29, 1.82) is 5.26 Å². The summed E-state index contributed by atoms with van der Waals surface area (Å²) in [4.78, 5) is 0. The third-order valence-electron chi connectivity index (χ3n) is 4.42. The first-order valence-corrected chi connectivity index (χ1v) is 7.96. The van der Waals surface area contributed by atoms with E-state index >= 15 is 0 Å². The number of rotatable bonds is 4. The Morgan fingerprint density at radius 2 is 2.14 bits per heavy atom. The van der Waals surface area contributed by atoms with Gasteiger partial charge in [-0.05, 0) is 50.2 Å². The maximum Gasteiger partial charge on any atom is 0.129 e. The van der Waals surface area contributed by atoms with Crippen LogP contribution in [0.2, 0.25) is 0 Å². The van der Waals surface area contributed by atoms with Crippen LogP contribution in [-0.4, -0.2) is 6.04 Å². The summed E-state index contributed by atoms with van der Waals surface area (Å²) in [5, 5.41) is 12.5. The lowest BCUT2D eigenvalue weighted by molar-refractivity contribution is 0.289. The minimum absolute atomic E-state index is 0.300. The molecular formula is C18H25FN2. The van der Waals surface area contributed by atoms with E-state index in [2.05, 4.69) is 19.2 Å². The van der Waals surface area contributed by atoms with Gasteiger partial charge in [-0.2, -0.15) is 5.26 Å². The molecule has 0 bridgehead atoms. The molecule has 2 nitrogen and oxygen atoms in total. The molecule has 0 radical (unpaired) electrons. The SMILES string of the molecule is Cc1c(F)cc(C#N)cc1NC1CCCC(CC(C)C)C1. The summed E-state index contributed by atoms with van der Waals surface area (Å²) in [6.07, 6.45) is 6.09. The van der Waals surface area contributed by atoms with Gasteiger partial charge in [-0.25, -0.2) is 4.39 Å². The highest BCUT2D eigenvalue weighted by molar-refractivity contribution is 5.56. The normalized spacial score (nSPS) is 22.1. The molecule has 1 aromatic rings. The van der Waals surface area contributed by atoms with E-state index in [1.165, 1.54) is 25.3 Å². The Kier molecular flexibility index (Phi) is 5.22. The number of nitriles is 1. The van der Waals surface area contributed by atoms with Crippen LogP contribution in [0.5, 0.6) is 0 Å². The molecule has 1 N–H and O–H groups in total. The Labute approximate surface area is 127 Å². The maximum atomic E-state index is 13.8. The highest BCUT2D eigenvalue weighted by atomic mass is 19.1. The minimum Gasteiger partial charge on any atom is -0.382 e. The van der Waals surface area contributed by atoms with Crippen molar-refractivity contribution in [2.45, 2.75) is 58.9 Å². The first-order chi connectivity index (χ1) is 9.99. The fourth-order valence-electron chi connectivity index (χ4n) is 3.42. The van der Waals surface area contributed by atoms with E-state index in [0.717, 1.165) is 30.4 Å². The molecule has 1 saturated carbocycles. The molecular weight excluding hydrogens is 263 g/mol. The Hall–Kier alpha value is -1.56. The van der Waals surface area contributed by atoms with Crippen LogP contribution in [0.3, 0.4) is 0 Å². The molecule has 0 heterocycles. The Morgan fingerprint density at radius 1 is 1.38 bits per heavy atom. The topological polar surface area (TPSA) is 35.8 Å². The minimum atomic E-state index is -0.300. The van der Waals surface area contributed by atoms with Crippen molar-refractivity contribution in [2.75, 3.05) is 5.32 Å². The summed E-state index contributed by atoms with van der Waals surface area (Å²) < 4.78 is 13.8. The van der Waals surface area contributed by atoms with Gasteiger partial charge in [0.05, 0.1) is 11.6 Å². The zero-order valence-corrected chi connectivity index (χ0v) is 13.2. The average Bonchev–Trinajstić information content (AvgIpc) is 2.43. The Bertz CT molecular complexity index is 531. The zero-order chi connectivity index (χ0) is 15.4. The van der Waals surface area contributed by atoms with Gasteiger partial charge in [-0.3, -0.25) is 0 Å². The van der Waals surface area contributed by atoms with Gasteiger partial charge in [0.1, 0.15) is 5.82 Å². The smallest absolute Gasteiger partial charge is 0.129 e. The number of hydrogen-bond acceptors (Lipinski definition) is 2. The van der Waals surface area contributed by atoms with Gasteiger partial charge in [-0.1, -0.05) is 26.7 Å². The molecule has 3 heteroatoms.